The van der Waals surface area contributed by atoms with Crippen LogP contribution < -0.4 is 15.5 Å². The summed E-state index contributed by atoms with van der Waals surface area (Å²) in [5.74, 6) is 128. The van der Waals surface area contributed by atoms with E-state index in [2.05, 4.69) is 318 Å². The van der Waals surface area contributed by atoms with Crippen molar-refractivity contribution in [2.24, 2.45) is 0 Å². The number of carbonyl (C=O) groups excluding carboxylic acids is 2. The van der Waals surface area contributed by atoms with Gasteiger partial charge in [-0.15, -0.1) is 6.42 Å². The average Bonchev–Trinajstić information content (AvgIpc) is 1.87. The molecule has 0 radical (unpaired) electrons. The molecule has 2 N–H and O–H groups in total. The fourth-order valence-electron chi connectivity index (χ4n) is 6.46. The molecule has 2 saturated heterocycles. The van der Waals surface area contributed by atoms with Crippen LogP contribution in [0.25, 0.3) is 0 Å². The van der Waals surface area contributed by atoms with E-state index in [1.54, 1.807) is 42.7 Å². The molecule has 2 fully saturated rings. The molecule has 0 bridgehead atoms. The lowest BCUT2D eigenvalue weighted by Crippen LogP contribution is -2.39. The summed E-state index contributed by atoms with van der Waals surface area (Å²) in [5, 5.41) is 10.9. The van der Waals surface area contributed by atoms with Crippen LogP contribution in [0, 0.1) is 318 Å². The Bertz CT molecular complexity index is 5010. The maximum absolute atomic E-state index is 12.1. The lowest BCUT2D eigenvalue weighted by Gasteiger charge is -2.27. The standard InChI is InChI=1S/C28H6.C27H4.C16H23N3O4.C16H25N3O2/c1-3-5-7-9-11-13-15-17-19-21-23-25-27-28-26-24-22-20-18-16-14-12-10-8-6-4-2;1-3-5-7-9-11-13-15-17-19-21-23-25-27-26-24-22-20-18-16-14-12-10-8-6-4-2;1-16(2,3)23-15(20)18-9-5-8-17(10-11-18)13-6-4-7-14(12-13)19(21)22;1-16(2,3)21-15(20)19-9-5-8-18(10-11-19)14-7-4-6-13(17)12-14/h1-2H3;1H,2H3;4,6-7,12H,5,8-11H2,1-3H3;4,6-7,12H,5,8-11,17H2,1-3H3. The third-order valence-electron chi connectivity index (χ3n) is 10.2. The molecular weight excluding hydrogens is 1220 g/mol. The zero-order valence-electron chi connectivity index (χ0n) is 56.0. The molecule has 2 aromatic rings. The van der Waals surface area contributed by atoms with Crippen LogP contribution in [0.5, 0.6) is 0 Å². The van der Waals surface area contributed by atoms with Crippen LogP contribution in [0.1, 0.15) is 75.2 Å². The highest BCUT2D eigenvalue weighted by Crippen LogP contribution is 2.23. The summed E-state index contributed by atoms with van der Waals surface area (Å²) >= 11 is 0. The normalized spacial score (nSPS) is 9.37. The number of hydrogen-bond donors (Lipinski definition) is 1. The zero-order valence-corrected chi connectivity index (χ0v) is 56.0. The van der Waals surface area contributed by atoms with Crippen LogP contribution in [0.2, 0.25) is 0 Å². The Morgan fingerprint density at radius 3 is 0.879 bits per heavy atom. The number of hydrogen-bond acceptors (Lipinski definition) is 9. The summed E-state index contributed by atoms with van der Waals surface area (Å²) in [5.41, 5.74) is 7.65. The molecule has 0 saturated carbocycles. The molecule has 99 heavy (non-hydrogen) atoms. The van der Waals surface area contributed by atoms with E-state index < -0.39 is 16.1 Å². The Morgan fingerprint density at radius 1 is 0.384 bits per heavy atom. The van der Waals surface area contributed by atoms with Crippen LogP contribution >= 0.6 is 0 Å². The van der Waals surface area contributed by atoms with Gasteiger partial charge in [0, 0.05) is 176 Å². The molecule has 472 valence electrons. The maximum Gasteiger partial charge on any atom is 0.410 e. The first-order valence-corrected chi connectivity index (χ1v) is 29.2. The van der Waals surface area contributed by atoms with Crippen LogP contribution in [0.4, 0.5) is 32.3 Å². The smallest absolute Gasteiger partial charge is 0.410 e. The van der Waals surface area contributed by atoms with E-state index >= 15 is 0 Å². The quantitative estimate of drug-likeness (QED) is 0.144. The number of amides is 2. The van der Waals surface area contributed by atoms with Gasteiger partial charge in [-0.1, -0.05) is 29.9 Å². The molecule has 12 heteroatoms. The van der Waals surface area contributed by atoms with Gasteiger partial charge < -0.3 is 34.8 Å². The third-order valence-corrected chi connectivity index (χ3v) is 10.2. The second-order valence-electron chi connectivity index (χ2n) is 19.8. The van der Waals surface area contributed by atoms with Crippen molar-refractivity contribution in [3.63, 3.8) is 0 Å². The number of nitrogen functional groups attached to an aromatic ring is 1. The number of benzene rings is 2. The summed E-state index contributed by atoms with van der Waals surface area (Å²) < 4.78 is 10.8. The summed E-state index contributed by atoms with van der Waals surface area (Å²) in [4.78, 5) is 42.6. The highest BCUT2D eigenvalue weighted by molar-refractivity contribution is 5.69. The van der Waals surface area contributed by atoms with Gasteiger partial charge in [-0.2, -0.15) is 0 Å². The van der Waals surface area contributed by atoms with E-state index in [1.807, 2.05) is 65.8 Å². The van der Waals surface area contributed by atoms with Gasteiger partial charge in [0.1, 0.15) is 11.2 Å². The molecule has 2 aliphatic heterocycles. The van der Waals surface area contributed by atoms with E-state index in [9.17, 15) is 19.7 Å². The number of nitrogens with zero attached hydrogens (tertiary/aromatic N) is 5. The Balaban J connectivity index is 0.000000663. The molecule has 0 aliphatic carbocycles. The summed E-state index contributed by atoms with van der Waals surface area (Å²) in [6.07, 6.45) is 6.10. The Morgan fingerprint density at radius 2 is 0.636 bits per heavy atom. The SMILES string of the molecule is C#CC#CC#CC#CC#CC#CC#CC#CC#CC#CC#CC#CC#CC.CC#CC#CC#CC#CC#CC#CC#CC#CC#CC#CC#CC#CC#CC.CC(C)(C)OC(=O)N1CCCN(c2cccc(N)c2)CC1.CC(C)(C)OC(=O)N1CCCN(c2cccc([N+](=O)[O-])c2)CC1. The molecule has 0 unspecified atom stereocenters. The summed E-state index contributed by atoms with van der Waals surface area (Å²) in [7, 11) is 0. The number of terminal acetylenes is 1. The van der Waals surface area contributed by atoms with E-state index in [0.717, 1.165) is 56.1 Å². The van der Waals surface area contributed by atoms with Gasteiger partial charge in [0.25, 0.3) is 5.69 Å². The van der Waals surface area contributed by atoms with Crippen LogP contribution in [0.3, 0.4) is 0 Å². The van der Waals surface area contributed by atoms with Crippen molar-refractivity contribution in [1.82, 2.24) is 9.80 Å². The first kappa shape index (κ1) is 81.4. The topological polar surface area (TPSA) is 135 Å². The van der Waals surface area contributed by atoms with Crippen molar-refractivity contribution in [2.75, 3.05) is 67.9 Å². The minimum Gasteiger partial charge on any atom is -0.444 e. The second kappa shape index (κ2) is 54.1. The number of anilines is 3. The van der Waals surface area contributed by atoms with E-state index in [-0.39, 0.29) is 17.9 Å². The highest BCUT2D eigenvalue weighted by atomic mass is 16.6. The molecule has 2 heterocycles. The number of ether oxygens (including phenoxy) is 2. The molecule has 0 atom stereocenters. The fraction of sp³-hybridized carbons (Fsp3) is 0.241. The molecule has 2 aliphatic rings. The average molecular weight is 1280 g/mol. The van der Waals surface area contributed by atoms with Crippen molar-refractivity contribution < 1.29 is 24.0 Å². The largest absolute Gasteiger partial charge is 0.444 e. The second-order valence-corrected chi connectivity index (χ2v) is 19.8. The summed E-state index contributed by atoms with van der Waals surface area (Å²) in [6, 6.07) is 14.5. The van der Waals surface area contributed by atoms with E-state index in [4.69, 9.17) is 21.6 Å². The highest BCUT2D eigenvalue weighted by Gasteiger charge is 2.26. The lowest BCUT2D eigenvalue weighted by atomic mass is 10.2. The number of non-ortho nitro benzene ring substituents is 1. The van der Waals surface area contributed by atoms with Crippen molar-refractivity contribution in [2.45, 2.75) is 86.4 Å². The van der Waals surface area contributed by atoms with Crippen molar-refractivity contribution in [3.8, 4) is 308 Å². The van der Waals surface area contributed by atoms with Gasteiger partial charge in [-0.05, 0) is 289 Å². The van der Waals surface area contributed by atoms with Crippen LogP contribution in [-0.2, 0) is 9.47 Å². The molecule has 12 nitrogen and oxygen atoms in total. The Hall–Kier alpha value is -15.7. The van der Waals surface area contributed by atoms with Gasteiger partial charge in [0.05, 0.1) is 4.92 Å². The summed E-state index contributed by atoms with van der Waals surface area (Å²) in [6.45, 7) is 21.9. The van der Waals surface area contributed by atoms with E-state index in [1.165, 1.54) is 6.07 Å². The van der Waals surface area contributed by atoms with Crippen molar-refractivity contribution in [1.29, 1.82) is 0 Å². The number of nitro groups is 1. The monoisotopic (exact) mass is 1280 g/mol. The molecule has 4 rings (SSSR count). The van der Waals surface area contributed by atoms with Crippen molar-refractivity contribution >= 4 is 34.9 Å². The zero-order chi connectivity index (χ0) is 72.6. The molecule has 2 aromatic carbocycles. The third kappa shape index (κ3) is 47.9. The number of nitrogens with two attached hydrogens (primary N) is 1. The van der Waals surface area contributed by atoms with Gasteiger partial charge >= 0.3 is 12.2 Å². The Kier molecular flexibility index (Phi) is 44.5. The molecule has 0 aromatic heterocycles. The number of rotatable bonds is 3. The molecular formula is C87H58N6O6. The van der Waals surface area contributed by atoms with Gasteiger partial charge in [-0.3, -0.25) is 10.1 Å². The Labute approximate surface area is 586 Å². The minimum absolute atomic E-state index is 0.0794. The number of nitro benzene ring substituents is 1. The van der Waals surface area contributed by atoms with Crippen LogP contribution in [-0.4, -0.2) is 90.5 Å². The lowest BCUT2D eigenvalue weighted by molar-refractivity contribution is -0.384. The molecule has 2 amide bonds. The van der Waals surface area contributed by atoms with E-state index in [0.29, 0.717) is 26.2 Å². The van der Waals surface area contributed by atoms with Gasteiger partial charge in [0.15, 0.2) is 0 Å². The van der Waals surface area contributed by atoms with Gasteiger partial charge in [0.2, 0.25) is 0 Å². The first-order chi connectivity index (χ1) is 47.9. The maximum atomic E-state index is 12.1. The van der Waals surface area contributed by atoms with Crippen LogP contribution in [0.15, 0.2) is 48.5 Å². The fourth-order valence-corrected chi connectivity index (χ4v) is 6.46. The minimum atomic E-state index is -0.511. The van der Waals surface area contributed by atoms with Crippen molar-refractivity contribution in [3.05, 3.63) is 58.6 Å². The van der Waals surface area contributed by atoms with Gasteiger partial charge in [-0.25, -0.2) is 9.59 Å². The first-order valence-electron chi connectivity index (χ1n) is 29.2. The predicted molar refractivity (Wildman–Crippen MR) is 393 cm³/mol. The molecule has 0 spiro atoms. The number of carbonyl (C=O) groups is 2. The predicted octanol–water partition coefficient (Wildman–Crippen LogP) is 7.51.